The van der Waals surface area contributed by atoms with Gasteiger partial charge in [-0.1, -0.05) is 41.9 Å². The van der Waals surface area contributed by atoms with Gasteiger partial charge in [-0.3, -0.25) is 4.90 Å². The molecule has 0 amide bonds. The minimum atomic E-state index is 0.119. The first-order valence-corrected chi connectivity index (χ1v) is 7.31. The second kappa shape index (κ2) is 7.46. The van der Waals surface area contributed by atoms with Gasteiger partial charge in [0.05, 0.1) is 7.11 Å². The van der Waals surface area contributed by atoms with Crippen molar-refractivity contribution in [3.8, 4) is 5.75 Å². The van der Waals surface area contributed by atoms with E-state index in [-0.39, 0.29) is 6.04 Å². The van der Waals surface area contributed by atoms with E-state index in [9.17, 15) is 0 Å². The number of nitrogens with zero attached hydrogens (tertiary/aromatic N) is 1. The van der Waals surface area contributed by atoms with Crippen LogP contribution in [0.3, 0.4) is 0 Å². The van der Waals surface area contributed by atoms with Crippen molar-refractivity contribution in [3.63, 3.8) is 0 Å². The van der Waals surface area contributed by atoms with Gasteiger partial charge in [0.15, 0.2) is 0 Å². The maximum absolute atomic E-state index is 6.08. The zero-order valence-corrected chi connectivity index (χ0v) is 13.2. The van der Waals surface area contributed by atoms with Crippen molar-refractivity contribution in [2.45, 2.75) is 12.6 Å². The molecule has 0 fully saturated rings. The number of halogens is 1. The number of ether oxygens (including phenoxy) is 1. The third-order valence-corrected chi connectivity index (χ3v) is 3.84. The SMILES string of the molecule is COc1ccccc1CN(C)C(CN)c1cccc(Cl)c1. The van der Waals surface area contributed by atoms with Crippen molar-refractivity contribution >= 4 is 11.6 Å². The first-order valence-electron chi connectivity index (χ1n) is 6.93. The van der Waals surface area contributed by atoms with Crippen LogP contribution in [-0.4, -0.2) is 25.6 Å². The molecule has 112 valence electrons. The fourth-order valence-electron chi connectivity index (χ4n) is 2.50. The van der Waals surface area contributed by atoms with Gasteiger partial charge in [0.1, 0.15) is 5.75 Å². The molecule has 0 aromatic heterocycles. The lowest BCUT2D eigenvalue weighted by Crippen LogP contribution is -2.30. The van der Waals surface area contributed by atoms with Crippen molar-refractivity contribution < 1.29 is 4.74 Å². The molecular formula is C17H21ClN2O. The third kappa shape index (κ3) is 3.97. The molecule has 3 nitrogen and oxygen atoms in total. The highest BCUT2D eigenvalue weighted by atomic mass is 35.5. The first kappa shape index (κ1) is 15.8. The van der Waals surface area contributed by atoms with E-state index in [4.69, 9.17) is 22.1 Å². The summed E-state index contributed by atoms with van der Waals surface area (Å²) in [6, 6.07) is 16.0. The van der Waals surface area contributed by atoms with Gasteiger partial charge >= 0.3 is 0 Å². The summed E-state index contributed by atoms with van der Waals surface area (Å²) in [7, 11) is 3.75. The average molecular weight is 305 g/mol. The second-order valence-corrected chi connectivity index (χ2v) is 5.47. The van der Waals surface area contributed by atoms with Gasteiger partial charge in [-0.2, -0.15) is 0 Å². The highest BCUT2D eigenvalue weighted by molar-refractivity contribution is 6.30. The van der Waals surface area contributed by atoms with Crippen LogP contribution in [0.2, 0.25) is 5.02 Å². The normalized spacial score (nSPS) is 12.4. The molecule has 0 saturated heterocycles. The molecule has 2 N–H and O–H groups in total. The molecule has 1 atom stereocenters. The number of nitrogens with two attached hydrogens (primary N) is 1. The number of benzene rings is 2. The van der Waals surface area contributed by atoms with Crippen LogP contribution in [0.15, 0.2) is 48.5 Å². The molecule has 0 aliphatic heterocycles. The molecule has 0 bridgehead atoms. The number of para-hydroxylation sites is 1. The lowest BCUT2D eigenvalue weighted by Gasteiger charge is -2.28. The van der Waals surface area contributed by atoms with Gasteiger partial charge < -0.3 is 10.5 Å². The Balaban J connectivity index is 2.19. The quantitative estimate of drug-likeness (QED) is 0.888. The number of hydrogen-bond acceptors (Lipinski definition) is 3. The predicted octanol–water partition coefficient (Wildman–Crippen LogP) is 3.48. The number of rotatable bonds is 6. The molecular weight excluding hydrogens is 284 g/mol. The summed E-state index contributed by atoms with van der Waals surface area (Å²) in [6.45, 7) is 1.30. The molecule has 2 rings (SSSR count). The summed E-state index contributed by atoms with van der Waals surface area (Å²) in [4.78, 5) is 2.21. The van der Waals surface area contributed by atoms with Crippen LogP contribution in [-0.2, 0) is 6.54 Å². The summed E-state index contributed by atoms with van der Waals surface area (Å²) in [6.07, 6.45) is 0. The molecule has 0 aliphatic carbocycles. The van der Waals surface area contributed by atoms with Crippen LogP contribution in [0.1, 0.15) is 17.2 Å². The van der Waals surface area contributed by atoms with Crippen molar-refractivity contribution in [2.75, 3.05) is 20.7 Å². The Morgan fingerprint density at radius 3 is 2.62 bits per heavy atom. The van der Waals surface area contributed by atoms with Crippen LogP contribution in [0, 0.1) is 0 Å². The van der Waals surface area contributed by atoms with Crippen LogP contribution in [0.25, 0.3) is 0 Å². The second-order valence-electron chi connectivity index (χ2n) is 5.03. The van der Waals surface area contributed by atoms with E-state index in [1.54, 1.807) is 7.11 Å². The molecule has 0 radical (unpaired) electrons. The molecule has 21 heavy (non-hydrogen) atoms. The standard InChI is InChI=1S/C17H21ClN2O/c1-20(12-14-6-3-4-9-17(14)21-2)16(11-19)13-7-5-8-15(18)10-13/h3-10,16H,11-12,19H2,1-2H3. The van der Waals surface area contributed by atoms with E-state index in [1.165, 1.54) is 0 Å². The van der Waals surface area contributed by atoms with E-state index in [2.05, 4.69) is 24.1 Å². The Labute approximate surface area is 131 Å². The van der Waals surface area contributed by atoms with Crippen LogP contribution in [0.4, 0.5) is 0 Å². The lowest BCUT2D eigenvalue weighted by atomic mass is 10.0. The number of methoxy groups -OCH3 is 1. The minimum Gasteiger partial charge on any atom is -0.496 e. The van der Waals surface area contributed by atoms with Gasteiger partial charge in [-0.15, -0.1) is 0 Å². The van der Waals surface area contributed by atoms with E-state index in [0.29, 0.717) is 6.54 Å². The van der Waals surface area contributed by atoms with Crippen molar-refractivity contribution in [1.82, 2.24) is 4.90 Å². The summed E-state index contributed by atoms with van der Waals surface area (Å²) in [5, 5.41) is 0.733. The zero-order valence-electron chi connectivity index (χ0n) is 12.4. The molecule has 2 aromatic carbocycles. The zero-order chi connectivity index (χ0) is 15.2. The fraction of sp³-hybridized carbons (Fsp3) is 0.294. The summed E-state index contributed by atoms with van der Waals surface area (Å²) < 4.78 is 5.41. The van der Waals surface area contributed by atoms with E-state index in [1.807, 2.05) is 36.4 Å². The molecule has 1 unspecified atom stereocenters. The molecule has 2 aromatic rings. The summed E-state index contributed by atoms with van der Waals surface area (Å²) in [5.74, 6) is 0.895. The minimum absolute atomic E-state index is 0.119. The molecule has 0 saturated carbocycles. The van der Waals surface area contributed by atoms with Crippen LogP contribution < -0.4 is 10.5 Å². The summed E-state index contributed by atoms with van der Waals surface area (Å²) >= 11 is 6.08. The van der Waals surface area contributed by atoms with E-state index >= 15 is 0 Å². The highest BCUT2D eigenvalue weighted by Gasteiger charge is 2.17. The maximum atomic E-state index is 6.08. The Hall–Kier alpha value is -1.55. The molecule has 0 aliphatic rings. The van der Waals surface area contributed by atoms with Gasteiger partial charge in [0, 0.05) is 29.7 Å². The monoisotopic (exact) mass is 304 g/mol. The Morgan fingerprint density at radius 1 is 1.19 bits per heavy atom. The molecule has 0 heterocycles. The predicted molar refractivity (Wildman–Crippen MR) is 87.7 cm³/mol. The van der Waals surface area contributed by atoms with E-state index in [0.717, 1.165) is 28.4 Å². The largest absolute Gasteiger partial charge is 0.496 e. The Bertz CT molecular complexity index is 589. The van der Waals surface area contributed by atoms with Crippen LogP contribution >= 0.6 is 11.6 Å². The maximum Gasteiger partial charge on any atom is 0.123 e. The lowest BCUT2D eigenvalue weighted by molar-refractivity contribution is 0.238. The first-order chi connectivity index (χ1) is 10.2. The topological polar surface area (TPSA) is 38.5 Å². The number of hydrogen-bond donors (Lipinski definition) is 1. The smallest absolute Gasteiger partial charge is 0.123 e. The Kier molecular flexibility index (Phi) is 5.62. The average Bonchev–Trinajstić information content (AvgIpc) is 2.48. The van der Waals surface area contributed by atoms with Crippen molar-refractivity contribution in [2.24, 2.45) is 5.73 Å². The molecule has 0 spiro atoms. The third-order valence-electron chi connectivity index (χ3n) is 3.60. The molecule has 4 heteroatoms. The highest BCUT2D eigenvalue weighted by Crippen LogP contribution is 2.25. The van der Waals surface area contributed by atoms with Gasteiger partial charge in [-0.25, -0.2) is 0 Å². The van der Waals surface area contributed by atoms with Crippen molar-refractivity contribution in [1.29, 1.82) is 0 Å². The van der Waals surface area contributed by atoms with Crippen LogP contribution in [0.5, 0.6) is 5.75 Å². The fourth-order valence-corrected chi connectivity index (χ4v) is 2.70. The van der Waals surface area contributed by atoms with Gasteiger partial charge in [0.25, 0.3) is 0 Å². The van der Waals surface area contributed by atoms with Gasteiger partial charge in [-0.05, 0) is 30.8 Å². The van der Waals surface area contributed by atoms with Crippen molar-refractivity contribution in [3.05, 3.63) is 64.7 Å². The van der Waals surface area contributed by atoms with Gasteiger partial charge in [0.2, 0.25) is 0 Å². The Morgan fingerprint density at radius 2 is 1.95 bits per heavy atom. The number of likely N-dealkylation sites (N-methyl/N-ethyl adjacent to an activating group) is 1. The summed E-state index contributed by atoms with van der Waals surface area (Å²) in [5.41, 5.74) is 8.23. The van der Waals surface area contributed by atoms with E-state index < -0.39 is 0 Å².